The van der Waals surface area contributed by atoms with Crippen LogP contribution in [-0.4, -0.2) is 11.1 Å². The zero-order valence-corrected chi connectivity index (χ0v) is 9.81. The Morgan fingerprint density at radius 1 is 1.29 bits per heavy atom. The van der Waals surface area contributed by atoms with E-state index >= 15 is 0 Å². The van der Waals surface area contributed by atoms with Crippen molar-refractivity contribution in [3.05, 3.63) is 34.4 Å². The van der Waals surface area contributed by atoms with E-state index < -0.39 is 23.0 Å². The second-order valence-corrected chi connectivity index (χ2v) is 4.86. The molecule has 1 saturated carbocycles. The van der Waals surface area contributed by atoms with Crippen molar-refractivity contribution in [1.29, 1.82) is 0 Å². The zero-order chi connectivity index (χ0) is 12.8. The van der Waals surface area contributed by atoms with E-state index in [1.807, 2.05) is 0 Å². The van der Waals surface area contributed by atoms with E-state index in [0.29, 0.717) is 24.0 Å². The summed E-state index contributed by atoms with van der Waals surface area (Å²) in [5.41, 5.74) is -0.111. The monoisotopic (exact) mass is 240 g/mol. The van der Waals surface area contributed by atoms with E-state index in [9.17, 15) is 13.6 Å². The SMILES string of the molecule is Cc1cc(C)c(F)c(C2(CC(=O)O)CC2)c1F. The summed E-state index contributed by atoms with van der Waals surface area (Å²) in [5, 5.41) is 8.83. The van der Waals surface area contributed by atoms with Crippen molar-refractivity contribution in [2.75, 3.05) is 0 Å². The van der Waals surface area contributed by atoms with Crippen molar-refractivity contribution >= 4 is 5.97 Å². The third kappa shape index (κ3) is 1.92. The number of aliphatic carboxylic acids is 1. The van der Waals surface area contributed by atoms with Gasteiger partial charge < -0.3 is 5.11 Å². The molecule has 4 heteroatoms. The Balaban J connectivity index is 2.55. The van der Waals surface area contributed by atoms with Crippen LogP contribution < -0.4 is 0 Å². The average Bonchev–Trinajstić information content (AvgIpc) is 2.95. The minimum atomic E-state index is -1.01. The molecule has 92 valence electrons. The van der Waals surface area contributed by atoms with E-state index in [1.54, 1.807) is 13.8 Å². The lowest BCUT2D eigenvalue weighted by molar-refractivity contribution is -0.137. The summed E-state index contributed by atoms with van der Waals surface area (Å²) in [6.07, 6.45) is 0.871. The molecule has 0 aromatic heterocycles. The molecule has 0 radical (unpaired) electrons. The van der Waals surface area contributed by atoms with Crippen LogP contribution in [0.4, 0.5) is 8.78 Å². The molecule has 1 aromatic rings. The number of hydrogen-bond acceptors (Lipinski definition) is 1. The first-order chi connectivity index (χ1) is 7.87. The standard InChI is InChI=1S/C13H14F2O2/c1-7-5-8(2)12(15)10(11(7)14)13(3-4-13)6-9(16)17/h5H,3-4,6H2,1-2H3,(H,16,17). The number of hydrogen-bond donors (Lipinski definition) is 1. The molecule has 0 spiro atoms. The van der Waals surface area contributed by atoms with Gasteiger partial charge in [-0.05, 0) is 37.8 Å². The number of carboxylic acid groups (broad SMARTS) is 1. The summed E-state index contributed by atoms with van der Waals surface area (Å²) in [4.78, 5) is 10.8. The first-order valence-electron chi connectivity index (χ1n) is 5.55. The molecular formula is C13H14F2O2. The molecule has 17 heavy (non-hydrogen) atoms. The third-order valence-corrected chi connectivity index (χ3v) is 3.44. The quantitative estimate of drug-likeness (QED) is 0.881. The second-order valence-electron chi connectivity index (χ2n) is 4.86. The summed E-state index contributed by atoms with van der Waals surface area (Å²) >= 11 is 0. The van der Waals surface area contributed by atoms with Crippen molar-refractivity contribution < 1.29 is 18.7 Å². The van der Waals surface area contributed by atoms with Gasteiger partial charge in [0, 0.05) is 11.0 Å². The van der Waals surface area contributed by atoms with Crippen LogP contribution in [-0.2, 0) is 10.2 Å². The van der Waals surface area contributed by atoms with Crippen LogP contribution in [0.5, 0.6) is 0 Å². The van der Waals surface area contributed by atoms with E-state index in [2.05, 4.69) is 0 Å². The summed E-state index contributed by atoms with van der Waals surface area (Å²) in [6.45, 7) is 3.14. The Morgan fingerprint density at radius 2 is 1.76 bits per heavy atom. The highest BCUT2D eigenvalue weighted by Gasteiger charge is 2.49. The molecule has 0 atom stereocenters. The fraction of sp³-hybridized carbons (Fsp3) is 0.462. The lowest BCUT2D eigenvalue weighted by Crippen LogP contribution is -2.18. The van der Waals surface area contributed by atoms with E-state index in [-0.39, 0.29) is 12.0 Å². The van der Waals surface area contributed by atoms with Gasteiger partial charge in [-0.15, -0.1) is 0 Å². The Hall–Kier alpha value is -1.45. The second kappa shape index (κ2) is 3.79. The van der Waals surface area contributed by atoms with Crippen molar-refractivity contribution in [3.63, 3.8) is 0 Å². The van der Waals surface area contributed by atoms with E-state index in [0.717, 1.165) is 0 Å². The Kier molecular flexibility index (Phi) is 2.68. The first kappa shape index (κ1) is 12.0. The molecule has 2 rings (SSSR count). The topological polar surface area (TPSA) is 37.3 Å². The van der Waals surface area contributed by atoms with Gasteiger partial charge in [0.25, 0.3) is 0 Å². The molecule has 1 aliphatic carbocycles. The van der Waals surface area contributed by atoms with Crippen LogP contribution >= 0.6 is 0 Å². The fourth-order valence-electron chi connectivity index (χ4n) is 2.36. The van der Waals surface area contributed by atoms with Crippen LogP contribution in [0.25, 0.3) is 0 Å². The average molecular weight is 240 g/mol. The molecule has 0 aliphatic heterocycles. The number of benzene rings is 1. The van der Waals surface area contributed by atoms with Gasteiger partial charge in [-0.25, -0.2) is 8.78 Å². The minimum absolute atomic E-state index is 0.0302. The zero-order valence-electron chi connectivity index (χ0n) is 9.81. The van der Waals surface area contributed by atoms with Crippen LogP contribution in [0.2, 0.25) is 0 Å². The highest BCUT2D eigenvalue weighted by molar-refractivity contribution is 5.70. The Bertz CT molecular complexity index is 464. The van der Waals surface area contributed by atoms with Crippen molar-refractivity contribution in [2.24, 2.45) is 0 Å². The maximum absolute atomic E-state index is 14.0. The van der Waals surface area contributed by atoms with Gasteiger partial charge in [0.15, 0.2) is 0 Å². The lowest BCUT2D eigenvalue weighted by atomic mass is 9.88. The van der Waals surface area contributed by atoms with Gasteiger partial charge in [-0.1, -0.05) is 6.07 Å². The third-order valence-electron chi connectivity index (χ3n) is 3.44. The maximum Gasteiger partial charge on any atom is 0.304 e. The predicted molar refractivity (Wildman–Crippen MR) is 59.0 cm³/mol. The van der Waals surface area contributed by atoms with Crippen LogP contribution in [0, 0.1) is 25.5 Å². The van der Waals surface area contributed by atoms with Crippen LogP contribution in [0.1, 0.15) is 36.0 Å². The van der Waals surface area contributed by atoms with Crippen molar-refractivity contribution in [1.82, 2.24) is 0 Å². The largest absolute Gasteiger partial charge is 0.481 e. The molecule has 1 aliphatic rings. The molecule has 0 unspecified atom stereocenters. The molecule has 0 bridgehead atoms. The number of halogens is 2. The van der Waals surface area contributed by atoms with Gasteiger partial charge in [0.1, 0.15) is 11.6 Å². The smallest absolute Gasteiger partial charge is 0.304 e. The maximum atomic E-state index is 14.0. The molecule has 2 nitrogen and oxygen atoms in total. The van der Waals surface area contributed by atoms with Gasteiger partial charge in [-0.2, -0.15) is 0 Å². The Morgan fingerprint density at radius 3 is 2.12 bits per heavy atom. The fourth-order valence-corrected chi connectivity index (χ4v) is 2.36. The highest BCUT2D eigenvalue weighted by Crippen LogP contribution is 2.53. The summed E-state index contributed by atoms with van der Waals surface area (Å²) in [5.74, 6) is -2.20. The van der Waals surface area contributed by atoms with Crippen LogP contribution in [0.3, 0.4) is 0 Å². The lowest BCUT2D eigenvalue weighted by Gasteiger charge is -2.17. The molecule has 1 N–H and O–H groups in total. The molecular weight excluding hydrogens is 226 g/mol. The van der Waals surface area contributed by atoms with Gasteiger partial charge in [-0.3, -0.25) is 4.79 Å². The summed E-state index contributed by atoms with van der Waals surface area (Å²) < 4.78 is 28.0. The minimum Gasteiger partial charge on any atom is -0.481 e. The van der Waals surface area contributed by atoms with Crippen LogP contribution in [0.15, 0.2) is 6.07 Å². The highest BCUT2D eigenvalue weighted by atomic mass is 19.1. The molecule has 0 heterocycles. The normalized spacial score (nSPS) is 16.9. The first-order valence-corrected chi connectivity index (χ1v) is 5.55. The summed E-state index contributed by atoms with van der Waals surface area (Å²) in [7, 11) is 0. The van der Waals surface area contributed by atoms with E-state index in [1.165, 1.54) is 6.07 Å². The number of carboxylic acids is 1. The Labute approximate surface area is 98.3 Å². The summed E-state index contributed by atoms with van der Waals surface area (Å²) in [6, 6.07) is 1.45. The number of aryl methyl sites for hydroxylation is 2. The molecule has 1 fully saturated rings. The van der Waals surface area contributed by atoms with Gasteiger partial charge in [0.2, 0.25) is 0 Å². The van der Waals surface area contributed by atoms with Crippen molar-refractivity contribution in [2.45, 2.75) is 38.5 Å². The van der Waals surface area contributed by atoms with Gasteiger partial charge >= 0.3 is 5.97 Å². The van der Waals surface area contributed by atoms with E-state index in [4.69, 9.17) is 5.11 Å². The number of carbonyl (C=O) groups is 1. The van der Waals surface area contributed by atoms with Crippen molar-refractivity contribution in [3.8, 4) is 0 Å². The predicted octanol–water partition coefficient (Wildman–Crippen LogP) is 3.09. The number of rotatable bonds is 3. The van der Waals surface area contributed by atoms with Gasteiger partial charge in [0.05, 0.1) is 6.42 Å². The molecule has 1 aromatic carbocycles. The molecule has 0 saturated heterocycles. The molecule has 0 amide bonds.